The van der Waals surface area contributed by atoms with E-state index < -0.39 is 0 Å². The predicted octanol–water partition coefficient (Wildman–Crippen LogP) is 2.85. The predicted molar refractivity (Wildman–Crippen MR) is 90.6 cm³/mol. The van der Waals surface area contributed by atoms with E-state index in [0.717, 1.165) is 41.7 Å². The third-order valence-corrected chi connectivity index (χ3v) is 6.02. The Hall–Kier alpha value is -1.05. The molecule has 0 aromatic carbocycles. The van der Waals surface area contributed by atoms with Crippen LogP contribution in [0, 0.1) is 6.92 Å². The number of hydrogen-bond donors (Lipinski definition) is 1. The molecule has 0 bridgehead atoms. The molecular weight excluding hydrogens is 332 g/mol. The van der Waals surface area contributed by atoms with Gasteiger partial charge in [-0.05, 0) is 31.0 Å². The van der Waals surface area contributed by atoms with Crippen molar-refractivity contribution in [3.05, 3.63) is 44.6 Å². The monoisotopic (exact) mass is 350 g/mol. The van der Waals surface area contributed by atoms with Gasteiger partial charge < -0.3 is 4.74 Å². The standard InChI is InChI=1S/C16H19ClN4OS/c1-10-5-12(19-9-18-10)13-7-16(8-21(2)20-13)15-11(3-4-22-16)6-14(17)23-15/h5-6,9,13,20H,3-4,7-8H2,1-2H3. The Bertz CT molecular complexity index is 737. The number of fused-ring (bicyclic) bond motifs is 2. The molecule has 2 unspecified atom stereocenters. The number of rotatable bonds is 1. The molecule has 1 fully saturated rings. The summed E-state index contributed by atoms with van der Waals surface area (Å²) in [5.41, 5.74) is 6.50. The van der Waals surface area contributed by atoms with Gasteiger partial charge in [0.25, 0.3) is 0 Å². The Labute approximate surface area is 144 Å². The molecule has 1 spiro atoms. The van der Waals surface area contributed by atoms with Crippen LogP contribution in [0.25, 0.3) is 0 Å². The van der Waals surface area contributed by atoms with E-state index in [1.54, 1.807) is 17.7 Å². The van der Waals surface area contributed by atoms with Crippen LogP contribution in [-0.4, -0.2) is 35.2 Å². The lowest BCUT2D eigenvalue weighted by atomic mass is 9.85. The van der Waals surface area contributed by atoms with Crippen LogP contribution in [-0.2, 0) is 16.8 Å². The topological polar surface area (TPSA) is 50.3 Å². The van der Waals surface area contributed by atoms with E-state index in [2.05, 4.69) is 33.5 Å². The summed E-state index contributed by atoms with van der Waals surface area (Å²) in [4.78, 5) is 9.93. The smallest absolute Gasteiger partial charge is 0.118 e. The third kappa shape index (κ3) is 2.79. The van der Waals surface area contributed by atoms with Crippen LogP contribution >= 0.6 is 22.9 Å². The van der Waals surface area contributed by atoms with E-state index >= 15 is 0 Å². The number of ether oxygens (including phenoxy) is 1. The Morgan fingerprint density at radius 2 is 2.30 bits per heavy atom. The first-order valence-electron chi connectivity index (χ1n) is 7.74. The first kappa shape index (κ1) is 15.5. The third-order valence-electron chi connectivity index (χ3n) is 4.53. The number of hydrazine groups is 1. The quantitative estimate of drug-likeness (QED) is 0.857. The van der Waals surface area contributed by atoms with Gasteiger partial charge in [-0.25, -0.2) is 20.4 Å². The second-order valence-electron chi connectivity index (χ2n) is 6.32. The van der Waals surface area contributed by atoms with Crippen molar-refractivity contribution in [2.75, 3.05) is 20.2 Å². The second kappa shape index (κ2) is 5.79. The lowest BCUT2D eigenvalue weighted by Crippen LogP contribution is -2.56. The molecule has 4 heterocycles. The highest BCUT2D eigenvalue weighted by Crippen LogP contribution is 2.47. The van der Waals surface area contributed by atoms with E-state index in [1.165, 1.54) is 10.4 Å². The number of aromatic nitrogens is 2. The summed E-state index contributed by atoms with van der Waals surface area (Å²) in [6.45, 7) is 3.53. The van der Waals surface area contributed by atoms with E-state index in [4.69, 9.17) is 16.3 Å². The van der Waals surface area contributed by atoms with E-state index in [9.17, 15) is 0 Å². The molecule has 7 heteroatoms. The molecule has 2 aliphatic rings. The zero-order chi connectivity index (χ0) is 16.0. The first-order valence-corrected chi connectivity index (χ1v) is 8.94. The van der Waals surface area contributed by atoms with Crippen molar-refractivity contribution in [3.63, 3.8) is 0 Å². The van der Waals surface area contributed by atoms with Crippen LogP contribution in [0.15, 0.2) is 18.5 Å². The maximum absolute atomic E-state index is 6.33. The number of nitrogens with zero attached hydrogens (tertiary/aromatic N) is 3. The molecule has 1 saturated heterocycles. The summed E-state index contributed by atoms with van der Waals surface area (Å²) in [7, 11) is 2.05. The zero-order valence-electron chi connectivity index (χ0n) is 13.2. The number of halogens is 1. The molecule has 4 rings (SSSR count). The minimum absolute atomic E-state index is 0.0993. The van der Waals surface area contributed by atoms with E-state index in [0.29, 0.717) is 0 Å². The summed E-state index contributed by atoms with van der Waals surface area (Å²) in [5, 5.41) is 2.11. The minimum Gasteiger partial charge on any atom is -0.368 e. The van der Waals surface area contributed by atoms with Gasteiger partial charge in [-0.2, -0.15) is 0 Å². The van der Waals surface area contributed by atoms with E-state index in [1.807, 2.05) is 13.0 Å². The van der Waals surface area contributed by atoms with Crippen LogP contribution in [0.5, 0.6) is 0 Å². The van der Waals surface area contributed by atoms with Crippen LogP contribution in [0.3, 0.4) is 0 Å². The number of nitrogens with one attached hydrogen (secondary N) is 1. The summed E-state index contributed by atoms with van der Waals surface area (Å²) >= 11 is 7.93. The van der Waals surface area contributed by atoms with Crippen LogP contribution in [0.2, 0.25) is 4.34 Å². The molecule has 2 aromatic heterocycles. The van der Waals surface area contributed by atoms with Gasteiger partial charge in [0, 0.05) is 30.6 Å². The Morgan fingerprint density at radius 3 is 3.13 bits per heavy atom. The zero-order valence-corrected chi connectivity index (χ0v) is 14.7. The number of hydrogen-bond acceptors (Lipinski definition) is 6. The number of aryl methyl sites for hydroxylation is 1. The molecular formula is C16H19ClN4OS. The fourth-order valence-corrected chi connectivity index (χ4v) is 5.07. The molecule has 122 valence electrons. The fraction of sp³-hybridized carbons (Fsp3) is 0.500. The normalized spacial score (nSPS) is 28.0. The van der Waals surface area contributed by atoms with Gasteiger partial charge in [-0.3, -0.25) is 0 Å². The first-order chi connectivity index (χ1) is 11.1. The van der Waals surface area contributed by atoms with Crippen LogP contribution in [0.1, 0.15) is 34.3 Å². The molecule has 23 heavy (non-hydrogen) atoms. The molecule has 2 aliphatic heterocycles. The maximum atomic E-state index is 6.33. The average Bonchev–Trinajstić information content (AvgIpc) is 2.89. The molecule has 0 saturated carbocycles. The molecule has 5 nitrogen and oxygen atoms in total. The highest BCUT2D eigenvalue weighted by Gasteiger charge is 2.46. The second-order valence-corrected chi connectivity index (χ2v) is 8.01. The van der Waals surface area contributed by atoms with Gasteiger partial charge in [0.2, 0.25) is 0 Å². The Kier molecular flexibility index (Phi) is 3.90. The van der Waals surface area contributed by atoms with Crippen molar-refractivity contribution < 1.29 is 4.74 Å². The fourth-order valence-electron chi connectivity index (χ4n) is 3.63. The number of thiophene rings is 1. The van der Waals surface area contributed by atoms with Crippen molar-refractivity contribution in [2.24, 2.45) is 0 Å². The summed E-state index contributed by atoms with van der Waals surface area (Å²) in [6, 6.07) is 4.23. The largest absolute Gasteiger partial charge is 0.368 e. The maximum Gasteiger partial charge on any atom is 0.118 e. The SMILES string of the molecule is Cc1cc(C2CC3(CN(C)N2)OCCc2cc(Cl)sc23)ncn1. The molecule has 2 atom stereocenters. The highest BCUT2D eigenvalue weighted by atomic mass is 35.5. The average molecular weight is 351 g/mol. The molecule has 2 aromatic rings. The molecule has 0 aliphatic carbocycles. The van der Waals surface area contributed by atoms with Crippen molar-refractivity contribution in [2.45, 2.75) is 31.4 Å². The van der Waals surface area contributed by atoms with Crippen LogP contribution in [0.4, 0.5) is 0 Å². The van der Waals surface area contributed by atoms with Crippen molar-refractivity contribution >= 4 is 22.9 Å². The Balaban J connectivity index is 1.73. The van der Waals surface area contributed by atoms with Gasteiger partial charge in [0.1, 0.15) is 11.9 Å². The highest BCUT2D eigenvalue weighted by molar-refractivity contribution is 7.16. The summed E-state index contributed by atoms with van der Waals surface area (Å²) in [5.74, 6) is 0. The van der Waals surface area contributed by atoms with Gasteiger partial charge in [-0.15, -0.1) is 11.3 Å². The summed E-state index contributed by atoms with van der Waals surface area (Å²) < 4.78 is 7.17. The van der Waals surface area contributed by atoms with Gasteiger partial charge in [0.15, 0.2) is 0 Å². The summed E-state index contributed by atoms with van der Waals surface area (Å²) in [6.07, 6.45) is 3.41. The molecule has 0 radical (unpaired) electrons. The Morgan fingerprint density at radius 1 is 1.43 bits per heavy atom. The van der Waals surface area contributed by atoms with Gasteiger partial charge >= 0.3 is 0 Å². The minimum atomic E-state index is -0.311. The lowest BCUT2D eigenvalue weighted by molar-refractivity contribution is -0.121. The van der Waals surface area contributed by atoms with Crippen molar-refractivity contribution in [1.82, 2.24) is 20.4 Å². The number of likely N-dealkylation sites (N-methyl/N-ethyl adjacent to an activating group) is 1. The van der Waals surface area contributed by atoms with Crippen molar-refractivity contribution in [1.29, 1.82) is 0 Å². The van der Waals surface area contributed by atoms with Crippen molar-refractivity contribution in [3.8, 4) is 0 Å². The van der Waals surface area contributed by atoms with E-state index in [-0.39, 0.29) is 11.6 Å². The lowest BCUT2D eigenvalue weighted by Gasteiger charge is -2.46. The molecule has 0 amide bonds. The van der Waals surface area contributed by atoms with Gasteiger partial charge in [-0.1, -0.05) is 11.6 Å². The van der Waals surface area contributed by atoms with Crippen LogP contribution < -0.4 is 5.43 Å². The molecule has 1 N–H and O–H groups in total. The van der Waals surface area contributed by atoms with Gasteiger partial charge in [0.05, 0.1) is 22.7 Å².